The van der Waals surface area contributed by atoms with E-state index >= 15 is 0 Å². The number of hydrogen-bond donors (Lipinski definition) is 1. The predicted molar refractivity (Wildman–Crippen MR) is 147 cm³/mol. The highest BCUT2D eigenvalue weighted by Crippen LogP contribution is 2.24. The number of nitrogens with one attached hydrogen (secondary N) is 1. The van der Waals surface area contributed by atoms with Crippen molar-refractivity contribution in [3.05, 3.63) is 119 Å². The Morgan fingerprint density at radius 2 is 1.76 bits per heavy atom. The van der Waals surface area contributed by atoms with Crippen molar-refractivity contribution in [2.75, 3.05) is 0 Å². The predicted octanol–water partition coefficient (Wildman–Crippen LogP) is 7.03. The molecule has 1 N–H and O–H groups in total. The van der Waals surface area contributed by atoms with Gasteiger partial charge in [0.05, 0.1) is 11.4 Å². The van der Waals surface area contributed by atoms with Crippen molar-refractivity contribution in [3.8, 4) is 0 Å². The summed E-state index contributed by atoms with van der Waals surface area (Å²) in [5.41, 5.74) is 4.46. The molecule has 0 amide bonds. The minimum atomic E-state index is -3.77. The molecule has 6 heteroatoms. The summed E-state index contributed by atoms with van der Waals surface area (Å²) >= 11 is 6.72. The van der Waals surface area contributed by atoms with Crippen molar-refractivity contribution in [2.45, 2.75) is 33.7 Å². The second-order valence-electron chi connectivity index (χ2n) is 7.72. The van der Waals surface area contributed by atoms with E-state index in [4.69, 9.17) is 11.6 Å². The summed E-state index contributed by atoms with van der Waals surface area (Å²) in [6.45, 7) is 11.3. The molecule has 1 atom stereocenters. The van der Waals surface area contributed by atoms with Gasteiger partial charge in [0.25, 0.3) is 10.0 Å². The monoisotopic (exact) mass is 494 g/mol. The second kappa shape index (κ2) is 12.9. The number of rotatable bonds is 10. The zero-order valence-corrected chi connectivity index (χ0v) is 21.6. The van der Waals surface area contributed by atoms with Gasteiger partial charge >= 0.3 is 0 Å². The standard InChI is InChI=1S/C28H31ClN2O2S/c1-6-11-25(12-7-2)22(4)30-28(29)27(26-17-15-21(3)16-18-26)23(5)31-34(32,33)20-19-24-13-9-8-10-14-24/h6-20,22,31H,1H2,2-5H3/b12-7-,20-19+,25-11+,27-23+,30-28?. The third-order valence-corrected chi connectivity index (χ3v) is 6.29. The van der Waals surface area contributed by atoms with Gasteiger partial charge in [-0.05, 0) is 50.5 Å². The van der Waals surface area contributed by atoms with Crippen molar-refractivity contribution in [1.29, 1.82) is 0 Å². The van der Waals surface area contributed by atoms with Crippen LogP contribution in [-0.2, 0) is 10.0 Å². The first-order valence-corrected chi connectivity index (χ1v) is 12.8. The van der Waals surface area contributed by atoms with Gasteiger partial charge in [-0.3, -0.25) is 9.71 Å². The summed E-state index contributed by atoms with van der Waals surface area (Å²) in [7, 11) is -3.77. The van der Waals surface area contributed by atoms with Crippen LogP contribution < -0.4 is 4.72 Å². The van der Waals surface area contributed by atoms with Crippen LogP contribution >= 0.6 is 11.6 Å². The van der Waals surface area contributed by atoms with E-state index in [1.165, 1.54) is 0 Å². The van der Waals surface area contributed by atoms with Gasteiger partial charge in [0, 0.05) is 11.3 Å². The zero-order valence-electron chi connectivity index (χ0n) is 20.0. The van der Waals surface area contributed by atoms with E-state index < -0.39 is 10.0 Å². The SMILES string of the molecule is C=C/C=C(\C=C/C)C(C)N=C(Cl)/C(=C(\C)NS(=O)(=O)/C=C/c1ccccc1)c1ccc(C)cc1. The van der Waals surface area contributed by atoms with Crippen LogP contribution in [0.25, 0.3) is 11.6 Å². The number of benzene rings is 2. The molecule has 0 saturated carbocycles. The van der Waals surface area contributed by atoms with Gasteiger partial charge in [0.15, 0.2) is 0 Å². The van der Waals surface area contributed by atoms with Crippen LogP contribution in [0.5, 0.6) is 0 Å². The lowest BCUT2D eigenvalue weighted by Gasteiger charge is -2.15. The number of nitrogens with zero attached hydrogens (tertiary/aromatic N) is 1. The Morgan fingerprint density at radius 3 is 2.35 bits per heavy atom. The first kappa shape index (κ1) is 27.1. The number of aryl methyl sites for hydroxylation is 1. The third-order valence-electron chi connectivity index (χ3n) is 4.91. The van der Waals surface area contributed by atoms with Gasteiger partial charge in [-0.15, -0.1) is 0 Å². The van der Waals surface area contributed by atoms with E-state index in [2.05, 4.69) is 16.3 Å². The average Bonchev–Trinajstić information content (AvgIpc) is 2.79. The number of aliphatic imine (C=N–C) groups is 1. The lowest BCUT2D eigenvalue weighted by atomic mass is 10.0. The summed E-state index contributed by atoms with van der Waals surface area (Å²) in [5, 5.41) is 1.35. The van der Waals surface area contributed by atoms with E-state index in [0.29, 0.717) is 11.3 Å². The lowest BCUT2D eigenvalue weighted by molar-refractivity contribution is 0.598. The average molecular weight is 495 g/mol. The van der Waals surface area contributed by atoms with Crippen LogP contribution in [-0.4, -0.2) is 19.6 Å². The molecule has 0 saturated heterocycles. The zero-order chi connectivity index (χ0) is 25.1. The highest BCUT2D eigenvalue weighted by Gasteiger charge is 2.17. The molecule has 0 bridgehead atoms. The topological polar surface area (TPSA) is 58.5 Å². The summed E-state index contributed by atoms with van der Waals surface area (Å²) in [6.07, 6.45) is 8.98. The Hall–Kier alpha value is -3.15. The Bertz CT molecular complexity index is 1240. The fourth-order valence-corrected chi connectivity index (χ4v) is 4.54. The molecule has 2 rings (SSSR count). The van der Waals surface area contributed by atoms with Crippen LogP contribution in [0.15, 0.2) is 107 Å². The minimum Gasteiger partial charge on any atom is -0.283 e. The molecule has 0 aliphatic rings. The van der Waals surface area contributed by atoms with Crippen LogP contribution in [0, 0.1) is 6.92 Å². The van der Waals surface area contributed by atoms with E-state index in [0.717, 1.165) is 27.7 Å². The highest BCUT2D eigenvalue weighted by molar-refractivity contribution is 7.92. The van der Waals surface area contributed by atoms with Crippen LogP contribution in [0.2, 0.25) is 0 Å². The molecular weight excluding hydrogens is 464 g/mol. The fourth-order valence-electron chi connectivity index (χ4n) is 3.21. The summed E-state index contributed by atoms with van der Waals surface area (Å²) in [4.78, 5) is 4.66. The molecule has 0 spiro atoms. The molecule has 0 heterocycles. The van der Waals surface area contributed by atoms with Crippen molar-refractivity contribution < 1.29 is 8.42 Å². The minimum absolute atomic E-state index is 0.211. The molecule has 2 aromatic rings. The molecule has 1 unspecified atom stereocenters. The summed E-state index contributed by atoms with van der Waals surface area (Å²) in [6, 6.07) is 16.7. The molecule has 34 heavy (non-hydrogen) atoms. The van der Waals surface area contributed by atoms with Crippen LogP contribution in [0.1, 0.15) is 37.5 Å². The van der Waals surface area contributed by atoms with Crippen LogP contribution in [0.3, 0.4) is 0 Å². The summed E-state index contributed by atoms with van der Waals surface area (Å²) < 4.78 is 28.2. The molecule has 0 radical (unpaired) electrons. The third kappa shape index (κ3) is 8.32. The van der Waals surface area contributed by atoms with E-state index in [-0.39, 0.29) is 11.2 Å². The Balaban J connectivity index is 2.50. The van der Waals surface area contributed by atoms with Gasteiger partial charge < -0.3 is 0 Å². The van der Waals surface area contributed by atoms with Gasteiger partial charge in [-0.1, -0.05) is 103 Å². The first-order valence-electron chi connectivity index (χ1n) is 10.9. The first-order chi connectivity index (χ1) is 16.2. The number of hydrogen-bond acceptors (Lipinski definition) is 3. The maximum absolute atomic E-state index is 12.8. The van der Waals surface area contributed by atoms with Crippen LogP contribution in [0.4, 0.5) is 0 Å². The molecule has 2 aromatic carbocycles. The Morgan fingerprint density at radius 1 is 1.12 bits per heavy atom. The van der Waals surface area contributed by atoms with Gasteiger partial charge in [0.1, 0.15) is 5.17 Å². The number of allylic oxidation sites excluding steroid dienone is 5. The largest absolute Gasteiger partial charge is 0.283 e. The molecule has 178 valence electrons. The molecule has 0 fully saturated rings. The molecular formula is C28H31ClN2O2S. The van der Waals surface area contributed by atoms with E-state index in [1.54, 1.807) is 19.1 Å². The van der Waals surface area contributed by atoms with Gasteiger partial charge in [-0.25, -0.2) is 8.42 Å². The quantitative estimate of drug-likeness (QED) is 0.284. The Kier molecular flexibility index (Phi) is 10.3. The smallest absolute Gasteiger partial charge is 0.254 e. The number of halogens is 1. The van der Waals surface area contributed by atoms with Gasteiger partial charge in [0.2, 0.25) is 0 Å². The van der Waals surface area contributed by atoms with Gasteiger partial charge in [-0.2, -0.15) is 0 Å². The van der Waals surface area contributed by atoms with Crippen molar-refractivity contribution >= 4 is 38.4 Å². The molecule has 0 aromatic heterocycles. The van der Waals surface area contributed by atoms with E-state index in [9.17, 15) is 8.42 Å². The summed E-state index contributed by atoms with van der Waals surface area (Å²) in [5.74, 6) is 0. The van der Waals surface area contributed by atoms with E-state index in [1.807, 2.05) is 93.6 Å². The fraction of sp³-hybridized carbons (Fsp3) is 0.179. The molecule has 0 aliphatic heterocycles. The van der Waals surface area contributed by atoms with Crippen molar-refractivity contribution in [3.63, 3.8) is 0 Å². The maximum atomic E-state index is 12.8. The lowest BCUT2D eigenvalue weighted by Crippen LogP contribution is -2.21. The molecule has 4 nitrogen and oxygen atoms in total. The van der Waals surface area contributed by atoms with Crippen molar-refractivity contribution in [2.24, 2.45) is 4.99 Å². The normalized spacial score (nSPS) is 14.9. The second-order valence-corrected chi connectivity index (χ2v) is 9.65. The maximum Gasteiger partial charge on any atom is 0.254 e. The molecule has 0 aliphatic carbocycles. The Labute approximate surface area is 208 Å². The number of sulfonamides is 1. The van der Waals surface area contributed by atoms with Crippen molar-refractivity contribution in [1.82, 2.24) is 4.72 Å². The highest BCUT2D eigenvalue weighted by atomic mass is 35.5.